The van der Waals surface area contributed by atoms with Gasteiger partial charge in [-0.3, -0.25) is 9.78 Å². The summed E-state index contributed by atoms with van der Waals surface area (Å²) in [4.78, 5) is 18.0. The molecule has 104 valence electrons. The summed E-state index contributed by atoms with van der Waals surface area (Å²) in [5.41, 5.74) is 1.43. The van der Waals surface area contributed by atoms with Gasteiger partial charge in [-0.15, -0.1) is 0 Å². The van der Waals surface area contributed by atoms with Gasteiger partial charge in [0.05, 0.1) is 17.3 Å². The minimum Gasteiger partial charge on any atom is -0.391 e. The molecule has 1 aromatic heterocycles. The number of hydrogen-bond acceptors (Lipinski definition) is 4. The number of Topliss-reactive ketones (excluding diaryl/α,β-unsaturated/α-hetero) is 1. The number of hydrogen-bond donors (Lipinski definition) is 1. The number of pyridine rings is 1. The number of anilines is 1. The standard InChI is InChI=1S/C15H15FN2O2/c1-9(19)12-7-13(16)11-3-2-5-17-14(11)15(12)18-6-4-10(20)8-18/h2-3,5,7,10,20H,4,6,8H2,1H3. The van der Waals surface area contributed by atoms with E-state index in [2.05, 4.69) is 4.98 Å². The number of aliphatic hydroxyl groups excluding tert-OH is 1. The zero-order chi connectivity index (χ0) is 14.3. The first-order valence-electron chi connectivity index (χ1n) is 6.59. The summed E-state index contributed by atoms with van der Waals surface area (Å²) in [6, 6.07) is 4.59. The first-order valence-corrected chi connectivity index (χ1v) is 6.59. The summed E-state index contributed by atoms with van der Waals surface area (Å²) in [5, 5.41) is 10.1. The molecule has 0 radical (unpaired) electrons. The molecule has 0 bridgehead atoms. The summed E-state index contributed by atoms with van der Waals surface area (Å²) in [5.74, 6) is -0.644. The van der Waals surface area contributed by atoms with Crippen molar-refractivity contribution in [2.24, 2.45) is 0 Å². The first kappa shape index (κ1) is 13.0. The second-order valence-electron chi connectivity index (χ2n) is 5.10. The zero-order valence-corrected chi connectivity index (χ0v) is 11.1. The fourth-order valence-corrected chi connectivity index (χ4v) is 2.72. The van der Waals surface area contributed by atoms with Gasteiger partial charge in [-0.25, -0.2) is 4.39 Å². The Morgan fingerprint density at radius 3 is 3.00 bits per heavy atom. The van der Waals surface area contributed by atoms with Crippen LogP contribution in [0.4, 0.5) is 10.1 Å². The van der Waals surface area contributed by atoms with Crippen LogP contribution < -0.4 is 4.90 Å². The molecule has 1 fully saturated rings. The van der Waals surface area contributed by atoms with E-state index in [0.717, 1.165) is 0 Å². The minimum atomic E-state index is -0.443. The molecule has 1 unspecified atom stereocenters. The topological polar surface area (TPSA) is 53.4 Å². The summed E-state index contributed by atoms with van der Waals surface area (Å²) in [7, 11) is 0. The van der Waals surface area contributed by atoms with Crippen LogP contribution >= 0.6 is 0 Å². The minimum absolute atomic E-state index is 0.201. The van der Waals surface area contributed by atoms with Crippen LogP contribution in [0, 0.1) is 5.82 Å². The fraction of sp³-hybridized carbons (Fsp3) is 0.333. The van der Waals surface area contributed by atoms with Crippen LogP contribution in [0.25, 0.3) is 10.9 Å². The van der Waals surface area contributed by atoms with Gasteiger partial charge < -0.3 is 10.0 Å². The van der Waals surface area contributed by atoms with Crippen LogP contribution in [-0.4, -0.2) is 35.1 Å². The van der Waals surface area contributed by atoms with E-state index in [1.54, 1.807) is 18.3 Å². The van der Waals surface area contributed by atoms with Gasteiger partial charge in [0, 0.05) is 30.2 Å². The van der Waals surface area contributed by atoms with Gasteiger partial charge in [-0.2, -0.15) is 0 Å². The maximum Gasteiger partial charge on any atom is 0.162 e. The molecule has 20 heavy (non-hydrogen) atoms. The highest BCUT2D eigenvalue weighted by Crippen LogP contribution is 2.33. The highest BCUT2D eigenvalue weighted by atomic mass is 19.1. The van der Waals surface area contributed by atoms with E-state index in [4.69, 9.17) is 0 Å². The van der Waals surface area contributed by atoms with Crippen molar-refractivity contribution in [3.63, 3.8) is 0 Å². The van der Waals surface area contributed by atoms with Gasteiger partial charge in [0.1, 0.15) is 5.82 Å². The Balaban J connectivity index is 2.28. The van der Waals surface area contributed by atoms with Gasteiger partial charge in [0.15, 0.2) is 5.78 Å². The SMILES string of the molecule is CC(=O)c1cc(F)c2cccnc2c1N1CCC(O)C1. The summed E-state index contributed by atoms with van der Waals surface area (Å²) in [6.07, 6.45) is 1.81. The number of carbonyl (C=O) groups excluding carboxylic acids is 1. The van der Waals surface area contributed by atoms with Crippen molar-refractivity contribution in [3.05, 3.63) is 35.8 Å². The lowest BCUT2D eigenvalue weighted by molar-refractivity contribution is 0.101. The molecule has 1 aliphatic heterocycles. The Morgan fingerprint density at radius 1 is 1.55 bits per heavy atom. The Labute approximate surface area is 115 Å². The number of nitrogens with zero attached hydrogens (tertiary/aromatic N) is 2. The predicted molar refractivity (Wildman–Crippen MR) is 74.5 cm³/mol. The third-order valence-corrected chi connectivity index (χ3v) is 3.67. The van der Waals surface area contributed by atoms with Gasteiger partial charge >= 0.3 is 0 Å². The quantitative estimate of drug-likeness (QED) is 0.853. The molecule has 0 saturated carbocycles. The molecule has 0 aliphatic carbocycles. The van der Waals surface area contributed by atoms with Crippen LogP contribution in [0.1, 0.15) is 23.7 Å². The number of carbonyl (C=O) groups is 1. The molecule has 1 aliphatic rings. The van der Waals surface area contributed by atoms with Crippen molar-refractivity contribution in [2.45, 2.75) is 19.4 Å². The number of fused-ring (bicyclic) bond motifs is 1. The monoisotopic (exact) mass is 274 g/mol. The van der Waals surface area contributed by atoms with E-state index < -0.39 is 11.9 Å². The molecular formula is C15H15FN2O2. The predicted octanol–water partition coefficient (Wildman–Crippen LogP) is 2.15. The molecular weight excluding hydrogens is 259 g/mol. The third-order valence-electron chi connectivity index (χ3n) is 3.67. The molecule has 2 aromatic rings. The maximum atomic E-state index is 14.1. The van der Waals surface area contributed by atoms with Crippen molar-refractivity contribution in [1.29, 1.82) is 0 Å². The van der Waals surface area contributed by atoms with Crippen LogP contribution in [0.2, 0.25) is 0 Å². The second-order valence-corrected chi connectivity index (χ2v) is 5.10. The van der Waals surface area contributed by atoms with E-state index >= 15 is 0 Å². The average Bonchev–Trinajstić information content (AvgIpc) is 2.85. The van der Waals surface area contributed by atoms with Crippen LogP contribution in [0.3, 0.4) is 0 Å². The van der Waals surface area contributed by atoms with E-state index in [1.165, 1.54) is 13.0 Å². The smallest absolute Gasteiger partial charge is 0.162 e. The highest BCUT2D eigenvalue weighted by Gasteiger charge is 2.26. The van der Waals surface area contributed by atoms with Crippen LogP contribution in [-0.2, 0) is 0 Å². The lowest BCUT2D eigenvalue weighted by Crippen LogP contribution is -2.24. The Kier molecular flexibility index (Phi) is 3.14. The lowest BCUT2D eigenvalue weighted by atomic mass is 10.0. The molecule has 5 heteroatoms. The number of aliphatic hydroxyl groups is 1. The average molecular weight is 274 g/mol. The first-order chi connectivity index (χ1) is 9.58. The van der Waals surface area contributed by atoms with Gasteiger partial charge in [0.2, 0.25) is 0 Å². The van der Waals surface area contributed by atoms with Crippen LogP contribution in [0.5, 0.6) is 0 Å². The molecule has 1 atom stereocenters. The highest BCUT2D eigenvalue weighted by molar-refractivity contribution is 6.07. The summed E-state index contributed by atoms with van der Waals surface area (Å²) < 4.78 is 14.1. The molecule has 2 heterocycles. The zero-order valence-electron chi connectivity index (χ0n) is 11.1. The van der Waals surface area contributed by atoms with Crippen molar-refractivity contribution in [2.75, 3.05) is 18.0 Å². The number of β-amino-alcohol motifs (C(OH)–C–C–N with tert-alkyl or cyclic N) is 1. The van der Waals surface area contributed by atoms with Gasteiger partial charge in [-0.05, 0) is 31.5 Å². The van der Waals surface area contributed by atoms with Gasteiger partial charge in [-0.1, -0.05) is 0 Å². The fourth-order valence-electron chi connectivity index (χ4n) is 2.72. The Hall–Kier alpha value is -2.01. The number of rotatable bonds is 2. The van der Waals surface area contributed by atoms with E-state index in [0.29, 0.717) is 41.7 Å². The summed E-state index contributed by atoms with van der Waals surface area (Å²) >= 11 is 0. The number of benzene rings is 1. The van der Waals surface area contributed by atoms with Crippen molar-refractivity contribution >= 4 is 22.4 Å². The second kappa shape index (κ2) is 4.83. The van der Waals surface area contributed by atoms with Gasteiger partial charge in [0.25, 0.3) is 0 Å². The lowest BCUT2D eigenvalue weighted by Gasteiger charge is -2.22. The van der Waals surface area contributed by atoms with E-state index in [-0.39, 0.29) is 5.78 Å². The van der Waals surface area contributed by atoms with Crippen molar-refractivity contribution < 1.29 is 14.3 Å². The summed E-state index contributed by atoms with van der Waals surface area (Å²) in [6.45, 7) is 2.50. The van der Waals surface area contributed by atoms with E-state index in [1.807, 2.05) is 4.90 Å². The van der Waals surface area contributed by atoms with Crippen molar-refractivity contribution in [1.82, 2.24) is 4.98 Å². The normalized spacial score (nSPS) is 18.8. The Morgan fingerprint density at radius 2 is 2.35 bits per heavy atom. The molecule has 1 saturated heterocycles. The number of ketones is 1. The Bertz CT molecular complexity index is 687. The molecule has 4 nitrogen and oxygen atoms in total. The van der Waals surface area contributed by atoms with E-state index in [9.17, 15) is 14.3 Å². The third kappa shape index (κ3) is 2.04. The number of halogens is 1. The molecule has 0 spiro atoms. The molecule has 0 amide bonds. The van der Waals surface area contributed by atoms with Crippen molar-refractivity contribution in [3.8, 4) is 0 Å². The number of aromatic nitrogens is 1. The maximum absolute atomic E-state index is 14.1. The largest absolute Gasteiger partial charge is 0.391 e. The molecule has 1 aromatic carbocycles. The molecule has 1 N–H and O–H groups in total. The molecule has 3 rings (SSSR count). The van der Waals surface area contributed by atoms with Crippen LogP contribution in [0.15, 0.2) is 24.4 Å².